The van der Waals surface area contributed by atoms with E-state index in [-0.39, 0.29) is 0 Å². The van der Waals surface area contributed by atoms with Gasteiger partial charge >= 0.3 is 0 Å². The highest BCUT2D eigenvalue weighted by Crippen LogP contribution is 2.27. The first-order chi connectivity index (χ1) is 9.79. The van der Waals surface area contributed by atoms with E-state index in [1.54, 1.807) is 6.20 Å². The van der Waals surface area contributed by atoms with Crippen molar-refractivity contribution < 1.29 is 0 Å². The Morgan fingerprint density at radius 1 is 1.15 bits per heavy atom. The van der Waals surface area contributed by atoms with Crippen molar-refractivity contribution in [1.82, 2.24) is 9.97 Å². The molecule has 0 aliphatic carbocycles. The Balaban J connectivity index is 2.28. The molecule has 0 unspecified atom stereocenters. The van der Waals surface area contributed by atoms with Gasteiger partial charge in [0.25, 0.3) is 0 Å². The third-order valence-corrected chi connectivity index (χ3v) is 3.82. The van der Waals surface area contributed by atoms with Gasteiger partial charge in [0, 0.05) is 28.7 Å². The van der Waals surface area contributed by atoms with Crippen LogP contribution in [0.15, 0.2) is 48.8 Å². The Hall–Kier alpha value is -1.74. The Labute approximate surface area is 127 Å². The van der Waals surface area contributed by atoms with Gasteiger partial charge in [-0.05, 0) is 42.7 Å². The van der Waals surface area contributed by atoms with Gasteiger partial charge in [0.05, 0.1) is 11.2 Å². The summed E-state index contributed by atoms with van der Waals surface area (Å²) in [5.74, 6) is 0. The lowest BCUT2D eigenvalue weighted by molar-refractivity contribution is 1.14. The average Bonchev–Trinajstić information content (AvgIpc) is 2.48. The third kappa shape index (κ3) is 2.46. The minimum Gasteiger partial charge on any atom is -0.264 e. The van der Waals surface area contributed by atoms with Crippen molar-refractivity contribution in [1.29, 1.82) is 0 Å². The summed E-state index contributed by atoms with van der Waals surface area (Å²) in [7, 11) is 0. The number of nitrogens with zero attached hydrogens (tertiary/aromatic N) is 2. The maximum absolute atomic E-state index is 4.90. The van der Waals surface area contributed by atoms with E-state index in [0.29, 0.717) is 0 Å². The number of aryl methyl sites for hydroxylation is 2. The first-order valence-corrected chi connectivity index (χ1v) is 7.77. The number of hydrogen-bond acceptors (Lipinski definition) is 2. The smallest absolute Gasteiger partial charge is 0.0757 e. The van der Waals surface area contributed by atoms with Crippen LogP contribution in [-0.4, -0.2) is 15.3 Å². The van der Waals surface area contributed by atoms with Gasteiger partial charge in [0.2, 0.25) is 0 Å². The number of hydrogen-bond donors (Lipinski definition) is 0. The largest absolute Gasteiger partial charge is 0.264 e. The molecule has 1 aromatic carbocycles. The molecule has 100 valence electrons. The fourth-order valence-corrected chi connectivity index (χ4v) is 2.86. The van der Waals surface area contributed by atoms with E-state index >= 15 is 0 Å². The van der Waals surface area contributed by atoms with Gasteiger partial charge < -0.3 is 0 Å². The molecule has 0 spiro atoms. The number of halogens is 1. The van der Waals surface area contributed by atoms with Crippen LogP contribution in [0.5, 0.6) is 0 Å². The molecule has 20 heavy (non-hydrogen) atoms. The first kappa shape index (κ1) is 13.3. The van der Waals surface area contributed by atoms with Crippen molar-refractivity contribution in [3.8, 4) is 11.3 Å². The van der Waals surface area contributed by atoms with Crippen molar-refractivity contribution in [2.45, 2.75) is 13.3 Å². The van der Waals surface area contributed by atoms with E-state index in [1.165, 1.54) is 16.5 Å². The number of benzene rings is 1. The fourth-order valence-electron chi connectivity index (χ4n) is 2.44. The molecule has 0 fully saturated rings. The summed E-state index contributed by atoms with van der Waals surface area (Å²) in [6, 6.07) is 12.6. The predicted molar refractivity (Wildman–Crippen MR) is 87.2 cm³/mol. The monoisotopic (exact) mass is 326 g/mol. The number of aromatic nitrogens is 2. The molecule has 2 heterocycles. The molecular weight excluding hydrogens is 312 g/mol. The minimum atomic E-state index is 0.930. The van der Waals surface area contributed by atoms with Crippen LogP contribution in [-0.2, 0) is 6.42 Å². The average molecular weight is 327 g/mol. The van der Waals surface area contributed by atoms with Crippen molar-refractivity contribution in [2.24, 2.45) is 0 Å². The normalized spacial score (nSPS) is 10.9. The molecule has 2 nitrogen and oxygen atoms in total. The first-order valence-electron chi connectivity index (χ1n) is 6.65. The van der Waals surface area contributed by atoms with Crippen molar-refractivity contribution in [3.63, 3.8) is 0 Å². The fraction of sp³-hybridized carbons (Fsp3) is 0.176. The van der Waals surface area contributed by atoms with Crippen molar-refractivity contribution >= 4 is 26.8 Å². The maximum Gasteiger partial charge on any atom is 0.0757 e. The van der Waals surface area contributed by atoms with Crippen LogP contribution in [0.2, 0.25) is 0 Å². The second-order valence-electron chi connectivity index (χ2n) is 4.82. The zero-order valence-electron chi connectivity index (χ0n) is 11.3. The lowest BCUT2D eigenvalue weighted by atomic mass is 10.0. The highest BCUT2D eigenvalue weighted by Gasteiger charge is 2.10. The number of pyridine rings is 2. The Bertz CT molecular complexity index is 739. The number of fused-ring (bicyclic) bond motifs is 1. The number of para-hydroxylation sites is 1. The zero-order valence-corrected chi connectivity index (χ0v) is 12.9. The molecule has 0 radical (unpaired) electrons. The quantitative estimate of drug-likeness (QED) is 0.660. The number of rotatable bonds is 3. The van der Waals surface area contributed by atoms with Crippen LogP contribution in [0.1, 0.15) is 11.1 Å². The van der Waals surface area contributed by atoms with Gasteiger partial charge in [-0.15, -0.1) is 0 Å². The van der Waals surface area contributed by atoms with Crippen molar-refractivity contribution in [3.05, 3.63) is 59.9 Å². The van der Waals surface area contributed by atoms with Gasteiger partial charge in [-0.25, -0.2) is 4.98 Å². The molecule has 0 saturated heterocycles. The van der Waals surface area contributed by atoms with Crippen LogP contribution in [0.4, 0.5) is 0 Å². The molecule has 0 N–H and O–H groups in total. The number of alkyl halides is 1. The molecule has 0 bridgehead atoms. The molecule has 0 saturated carbocycles. The SMILES string of the molecule is Cc1cccc2cc(CCBr)c(-c3cccnc3)nc12. The lowest BCUT2D eigenvalue weighted by Gasteiger charge is -2.11. The summed E-state index contributed by atoms with van der Waals surface area (Å²) in [5, 5.41) is 2.13. The molecule has 0 amide bonds. The summed E-state index contributed by atoms with van der Waals surface area (Å²) >= 11 is 3.53. The van der Waals surface area contributed by atoms with Crippen molar-refractivity contribution in [2.75, 3.05) is 5.33 Å². The Kier molecular flexibility index (Phi) is 3.79. The lowest BCUT2D eigenvalue weighted by Crippen LogP contribution is -1.97. The molecular formula is C17H15BrN2. The molecule has 0 atom stereocenters. The highest BCUT2D eigenvalue weighted by atomic mass is 79.9. The standard InChI is InChI=1S/C17H15BrN2/c1-12-4-2-5-13-10-14(7-8-18)17(20-16(12)13)15-6-3-9-19-11-15/h2-6,9-11H,7-8H2,1H3. The second kappa shape index (κ2) is 5.71. The van der Waals surface area contributed by atoms with E-state index in [2.05, 4.69) is 58.2 Å². The van der Waals surface area contributed by atoms with Crippen LogP contribution in [0, 0.1) is 6.92 Å². The zero-order chi connectivity index (χ0) is 13.9. The molecule has 0 aliphatic rings. The van der Waals surface area contributed by atoms with Gasteiger partial charge in [-0.1, -0.05) is 34.1 Å². The third-order valence-electron chi connectivity index (χ3n) is 3.43. The molecule has 2 aromatic heterocycles. The summed E-state index contributed by atoms with van der Waals surface area (Å²) < 4.78 is 0. The van der Waals surface area contributed by atoms with Crippen LogP contribution < -0.4 is 0 Å². The maximum atomic E-state index is 4.90. The van der Waals surface area contributed by atoms with E-state index in [9.17, 15) is 0 Å². The van der Waals surface area contributed by atoms with E-state index in [0.717, 1.165) is 28.5 Å². The Morgan fingerprint density at radius 3 is 2.80 bits per heavy atom. The topological polar surface area (TPSA) is 25.8 Å². The molecule has 3 rings (SSSR count). The van der Waals surface area contributed by atoms with E-state index in [4.69, 9.17) is 4.98 Å². The molecule has 3 aromatic rings. The molecule has 3 heteroatoms. The van der Waals surface area contributed by atoms with E-state index in [1.807, 2.05) is 12.3 Å². The predicted octanol–water partition coefficient (Wildman–Crippen LogP) is 4.54. The van der Waals surface area contributed by atoms with Gasteiger partial charge in [0.15, 0.2) is 0 Å². The summed E-state index contributed by atoms with van der Waals surface area (Å²) in [6.45, 7) is 2.10. The summed E-state index contributed by atoms with van der Waals surface area (Å²) in [4.78, 5) is 9.12. The van der Waals surface area contributed by atoms with Crippen LogP contribution in [0.3, 0.4) is 0 Å². The van der Waals surface area contributed by atoms with Gasteiger partial charge in [-0.3, -0.25) is 4.98 Å². The summed E-state index contributed by atoms with van der Waals surface area (Å²) in [5.41, 5.74) is 5.66. The van der Waals surface area contributed by atoms with Gasteiger partial charge in [-0.2, -0.15) is 0 Å². The Morgan fingerprint density at radius 2 is 2.05 bits per heavy atom. The highest BCUT2D eigenvalue weighted by molar-refractivity contribution is 9.09. The van der Waals surface area contributed by atoms with Crippen LogP contribution in [0.25, 0.3) is 22.2 Å². The van der Waals surface area contributed by atoms with E-state index < -0.39 is 0 Å². The van der Waals surface area contributed by atoms with Crippen LogP contribution >= 0.6 is 15.9 Å². The summed E-state index contributed by atoms with van der Waals surface area (Å²) in [6.07, 6.45) is 4.63. The van der Waals surface area contributed by atoms with Gasteiger partial charge in [0.1, 0.15) is 0 Å². The minimum absolute atomic E-state index is 0.930. The second-order valence-corrected chi connectivity index (χ2v) is 5.62. The molecule has 0 aliphatic heterocycles.